The molecule has 104 valence electrons. The molecule has 2 rings (SSSR count). The van der Waals surface area contributed by atoms with Crippen molar-refractivity contribution in [3.63, 3.8) is 0 Å². The fraction of sp³-hybridized carbons (Fsp3) is 0.923. The second-order valence-corrected chi connectivity index (χ2v) is 5.32. The van der Waals surface area contributed by atoms with Crippen molar-refractivity contribution in [1.29, 1.82) is 0 Å². The van der Waals surface area contributed by atoms with Crippen LogP contribution < -0.4 is 5.73 Å². The minimum atomic E-state index is 0.179. The van der Waals surface area contributed by atoms with Crippen molar-refractivity contribution in [1.82, 2.24) is 9.80 Å². The molecule has 0 aromatic rings. The largest absolute Gasteiger partial charge is 0.380 e. The monoisotopic (exact) mass is 255 g/mol. The van der Waals surface area contributed by atoms with Crippen LogP contribution in [-0.2, 0) is 9.53 Å². The average molecular weight is 255 g/mol. The van der Waals surface area contributed by atoms with Crippen LogP contribution in [0.25, 0.3) is 0 Å². The molecule has 0 bridgehead atoms. The Morgan fingerprint density at radius 1 is 1.39 bits per heavy atom. The van der Waals surface area contributed by atoms with Crippen LogP contribution in [0, 0.1) is 0 Å². The van der Waals surface area contributed by atoms with Crippen molar-refractivity contribution in [2.45, 2.75) is 37.8 Å². The topological polar surface area (TPSA) is 58.8 Å². The summed E-state index contributed by atoms with van der Waals surface area (Å²) in [5.41, 5.74) is 5.83. The van der Waals surface area contributed by atoms with Gasteiger partial charge in [-0.25, -0.2) is 0 Å². The number of methoxy groups -OCH3 is 1. The number of amides is 1. The van der Waals surface area contributed by atoms with Crippen LogP contribution in [0.4, 0.5) is 0 Å². The Kier molecular flexibility index (Phi) is 4.97. The van der Waals surface area contributed by atoms with Gasteiger partial charge in [-0.1, -0.05) is 0 Å². The number of likely N-dealkylation sites (tertiary alicyclic amines) is 2. The van der Waals surface area contributed by atoms with Crippen LogP contribution in [0.5, 0.6) is 0 Å². The Balaban J connectivity index is 1.83. The lowest BCUT2D eigenvalue weighted by Gasteiger charge is -2.27. The van der Waals surface area contributed by atoms with E-state index in [9.17, 15) is 4.79 Å². The average Bonchev–Trinajstić information content (AvgIpc) is 3.05. The maximum Gasteiger partial charge on any atom is 0.224 e. The van der Waals surface area contributed by atoms with Crippen molar-refractivity contribution in [3.8, 4) is 0 Å². The minimum absolute atomic E-state index is 0.179. The van der Waals surface area contributed by atoms with E-state index in [0.717, 1.165) is 45.4 Å². The molecule has 2 aliphatic rings. The summed E-state index contributed by atoms with van der Waals surface area (Å²) in [6, 6.07) is 0.179. The highest BCUT2D eigenvalue weighted by Crippen LogP contribution is 2.18. The second kappa shape index (κ2) is 6.50. The molecule has 2 atom stereocenters. The predicted molar refractivity (Wildman–Crippen MR) is 70.3 cm³/mol. The molecular weight excluding hydrogens is 230 g/mol. The number of ether oxygens (including phenoxy) is 1. The third-order valence-corrected chi connectivity index (χ3v) is 4.17. The molecule has 0 spiro atoms. The van der Waals surface area contributed by atoms with E-state index in [-0.39, 0.29) is 11.9 Å². The molecule has 1 amide bonds. The Hall–Kier alpha value is -0.650. The van der Waals surface area contributed by atoms with Crippen LogP contribution in [0.15, 0.2) is 0 Å². The second-order valence-electron chi connectivity index (χ2n) is 5.32. The first-order valence-electron chi connectivity index (χ1n) is 6.99. The van der Waals surface area contributed by atoms with E-state index in [1.165, 1.54) is 0 Å². The normalized spacial score (nSPS) is 26.8. The van der Waals surface area contributed by atoms with Crippen molar-refractivity contribution in [2.75, 3.05) is 39.8 Å². The molecule has 0 aliphatic carbocycles. The lowest BCUT2D eigenvalue weighted by atomic mass is 10.1. The minimum Gasteiger partial charge on any atom is -0.380 e. The molecule has 0 aromatic carbocycles. The number of hydrogen-bond donors (Lipinski definition) is 1. The lowest BCUT2D eigenvalue weighted by Crippen LogP contribution is -2.43. The molecule has 18 heavy (non-hydrogen) atoms. The first-order valence-corrected chi connectivity index (χ1v) is 6.99. The molecule has 2 aliphatic heterocycles. The summed E-state index contributed by atoms with van der Waals surface area (Å²) >= 11 is 0. The predicted octanol–water partition coefficient (Wildman–Crippen LogP) is 0.0469. The molecule has 2 N–H and O–H groups in total. The highest BCUT2D eigenvalue weighted by molar-refractivity contribution is 5.77. The third kappa shape index (κ3) is 3.22. The molecule has 2 heterocycles. The quantitative estimate of drug-likeness (QED) is 0.754. The van der Waals surface area contributed by atoms with Crippen molar-refractivity contribution < 1.29 is 9.53 Å². The molecular formula is C13H25N3O2. The number of nitrogens with zero attached hydrogens (tertiary/aromatic N) is 2. The van der Waals surface area contributed by atoms with Gasteiger partial charge in [-0.05, 0) is 19.3 Å². The van der Waals surface area contributed by atoms with Gasteiger partial charge in [0, 0.05) is 52.3 Å². The summed E-state index contributed by atoms with van der Waals surface area (Å²) in [4.78, 5) is 16.4. The van der Waals surface area contributed by atoms with Gasteiger partial charge in [-0.3, -0.25) is 9.69 Å². The summed E-state index contributed by atoms with van der Waals surface area (Å²) in [5.74, 6) is 0.267. The maximum atomic E-state index is 12.1. The van der Waals surface area contributed by atoms with Gasteiger partial charge < -0.3 is 15.4 Å². The smallest absolute Gasteiger partial charge is 0.224 e. The number of carbonyl (C=O) groups excluding carboxylic acids is 1. The van der Waals surface area contributed by atoms with Gasteiger partial charge in [0.25, 0.3) is 0 Å². The molecule has 0 radical (unpaired) electrons. The fourth-order valence-corrected chi connectivity index (χ4v) is 2.94. The third-order valence-electron chi connectivity index (χ3n) is 4.17. The summed E-state index contributed by atoms with van der Waals surface area (Å²) in [6.45, 7) is 4.31. The Morgan fingerprint density at radius 3 is 2.67 bits per heavy atom. The zero-order chi connectivity index (χ0) is 13.0. The van der Waals surface area contributed by atoms with Gasteiger partial charge in [0.05, 0.1) is 6.10 Å². The molecule has 5 nitrogen and oxygen atoms in total. The first-order chi connectivity index (χ1) is 8.74. The highest BCUT2D eigenvalue weighted by atomic mass is 16.5. The standard InChI is InChI=1S/C13H25N3O2/c1-18-12-4-7-16(10-12)11(9-14)8-13(17)15-5-2-3-6-15/h11-12H,2-10,14H2,1H3. The van der Waals surface area contributed by atoms with Crippen LogP contribution >= 0.6 is 0 Å². The van der Waals surface area contributed by atoms with Gasteiger partial charge in [-0.15, -0.1) is 0 Å². The van der Waals surface area contributed by atoms with Crippen molar-refractivity contribution in [3.05, 3.63) is 0 Å². The van der Waals surface area contributed by atoms with Gasteiger partial charge >= 0.3 is 0 Å². The van der Waals surface area contributed by atoms with Gasteiger partial charge in [0.2, 0.25) is 5.91 Å². The fourth-order valence-electron chi connectivity index (χ4n) is 2.94. The molecule has 2 saturated heterocycles. The Morgan fingerprint density at radius 2 is 2.11 bits per heavy atom. The van der Waals surface area contributed by atoms with Crippen LogP contribution in [0.2, 0.25) is 0 Å². The van der Waals surface area contributed by atoms with E-state index in [0.29, 0.717) is 19.1 Å². The number of rotatable bonds is 5. The molecule has 5 heteroatoms. The number of carbonyl (C=O) groups is 1. The van der Waals surface area contributed by atoms with Crippen molar-refractivity contribution in [2.24, 2.45) is 5.73 Å². The Labute approximate surface area is 109 Å². The zero-order valence-corrected chi connectivity index (χ0v) is 11.3. The van der Waals surface area contributed by atoms with Gasteiger partial charge in [0.1, 0.15) is 0 Å². The van der Waals surface area contributed by atoms with Gasteiger partial charge in [-0.2, -0.15) is 0 Å². The van der Waals surface area contributed by atoms with E-state index in [2.05, 4.69) is 4.90 Å². The summed E-state index contributed by atoms with van der Waals surface area (Å²) in [7, 11) is 1.75. The first kappa shape index (κ1) is 13.8. The molecule has 0 saturated carbocycles. The van der Waals surface area contributed by atoms with Crippen LogP contribution in [0.3, 0.4) is 0 Å². The summed E-state index contributed by atoms with van der Waals surface area (Å²) in [5, 5.41) is 0. The molecule has 2 fully saturated rings. The van der Waals surface area contributed by atoms with E-state index < -0.39 is 0 Å². The molecule has 0 aromatic heterocycles. The summed E-state index contributed by atoms with van der Waals surface area (Å²) in [6.07, 6.45) is 4.21. The SMILES string of the molecule is COC1CCN(C(CN)CC(=O)N2CCCC2)C1. The van der Waals surface area contributed by atoms with E-state index in [1.807, 2.05) is 4.90 Å². The van der Waals surface area contributed by atoms with Crippen LogP contribution in [0.1, 0.15) is 25.7 Å². The number of nitrogens with two attached hydrogens (primary N) is 1. The molecule has 2 unspecified atom stereocenters. The Bertz CT molecular complexity index is 279. The maximum absolute atomic E-state index is 12.1. The number of hydrogen-bond acceptors (Lipinski definition) is 4. The zero-order valence-electron chi connectivity index (χ0n) is 11.3. The van der Waals surface area contributed by atoms with Gasteiger partial charge in [0.15, 0.2) is 0 Å². The van der Waals surface area contributed by atoms with E-state index in [1.54, 1.807) is 7.11 Å². The summed E-state index contributed by atoms with van der Waals surface area (Å²) < 4.78 is 5.36. The van der Waals surface area contributed by atoms with Crippen molar-refractivity contribution >= 4 is 5.91 Å². The van der Waals surface area contributed by atoms with E-state index >= 15 is 0 Å². The van der Waals surface area contributed by atoms with Crippen LogP contribution in [-0.4, -0.2) is 67.7 Å². The highest BCUT2D eigenvalue weighted by Gasteiger charge is 2.30. The van der Waals surface area contributed by atoms with E-state index in [4.69, 9.17) is 10.5 Å². The lowest BCUT2D eigenvalue weighted by molar-refractivity contribution is -0.131.